The van der Waals surface area contributed by atoms with Crippen molar-refractivity contribution in [3.8, 4) is 0 Å². The van der Waals surface area contributed by atoms with Gasteiger partial charge in [0, 0.05) is 7.11 Å². The zero-order chi connectivity index (χ0) is 14.5. The van der Waals surface area contributed by atoms with E-state index in [1.54, 1.807) is 13.3 Å². The Morgan fingerprint density at radius 1 is 1.50 bits per heavy atom. The van der Waals surface area contributed by atoms with Crippen LogP contribution in [0.15, 0.2) is 32.0 Å². The van der Waals surface area contributed by atoms with E-state index in [1.807, 2.05) is 19.1 Å². The van der Waals surface area contributed by atoms with Gasteiger partial charge in [-0.3, -0.25) is 4.79 Å². The van der Waals surface area contributed by atoms with Crippen LogP contribution in [0.4, 0.5) is 5.69 Å². The van der Waals surface area contributed by atoms with Crippen molar-refractivity contribution >= 4 is 21.6 Å². The molecule has 0 spiro atoms. The Bertz CT molecular complexity index is 636. The van der Waals surface area contributed by atoms with E-state index in [4.69, 9.17) is 9.15 Å². The summed E-state index contributed by atoms with van der Waals surface area (Å²) in [5.74, 6) is 1.66. The highest BCUT2D eigenvalue weighted by Crippen LogP contribution is 2.17. The minimum Gasteiger partial charge on any atom is -0.465 e. The highest BCUT2D eigenvalue weighted by Gasteiger charge is 2.09. The van der Waals surface area contributed by atoms with Crippen molar-refractivity contribution in [3.05, 3.63) is 44.7 Å². The number of halogens is 1. The molecule has 2 aromatic heterocycles. The SMILES string of the molecule is COCCn1ncc(NCc2ccc(C)o2)c(Br)c1=O. The Balaban J connectivity index is 2.09. The summed E-state index contributed by atoms with van der Waals surface area (Å²) in [6.07, 6.45) is 1.61. The van der Waals surface area contributed by atoms with Gasteiger partial charge in [0.05, 0.1) is 31.6 Å². The number of rotatable bonds is 6. The molecule has 0 saturated carbocycles. The van der Waals surface area contributed by atoms with E-state index in [2.05, 4.69) is 26.3 Å². The van der Waals surface area contributed by atoms with Crippen LogP contribution in [0.5, 0.6) is 0 Å². The molecule has 0 aromatic carbocycles. The molecule has 20 heavy (non-hydrogen) atoms. The summed E-state index contributed by atoms with van der Waals surface area (Å²) in [6.45, 7) is 3.25. The number of ether oxygens (including phenoxy) is 1. The summed E-state index contributed by atoms with van der Waals surface area (Å²) >= 11 is 3.29. The van der Waals surface area contributed by atoms with Gasteiger partial charge in [-0.05, 0) is 35.0 Å². The van der Waals surface area contributed by atoms with Gasteiger partial charge in [0.1, 0.15) is 16.0 Å². The molecule has 0 atom stereocenters. The molecule has 1 N–H and O–H groups in total. The van der Waals surface area contributed by atoms with Gasteiger partial charge >= 0.3 is 0 Å². The van der Waals surface area contributed by atoms with Crippen molar-refractivity contribution in [1.82, 2.24) is 9.78 Å². The van der Waals surface area contributed by atoms with Crippen molar-refractivity contribution < 1.29 is 9.15 Å². The van der Waals surface area contributed by atoms with Gasteiger partial charge in [-0.25, -0.2) is 4.68 Å². The van der Waals surface area contributed by atoms with Gasteiger partial charge in [-0.1, -0.05) is 0 Å². The molecule has 0 unspecified atom stereocenters. The number of nitrogens with one attached hydrogen (secondary N) is 1. The maximum atomic E-state index is 12.0. The van der Waals surface area contributed by atoms with Crippen molar-refractivity contribution in [2.45, 2.75) is 20.0 Å². The lowest BCUT2D eigenvalue weighted by molar-refractivity contribution is 0.181. The molecule has 0 bridgehead atoms. The number of aromatic nitrogens is 2. The predicted octanol–water partition coefficient (Wildman–Crippen LogP) is 2.17. The van der Waals surface area contributed by atoms with E-state index < -0.39 is 0 Å². The van der Waals surface area contributed by atoms with E-state index in [1.165, 1.54) is 4.68 Å². The summed E-state index contributed by atoms with van der Waals surface area (Å²) in [4.78, 5) is 12.0. The van der Waals surface area contributed by atoms with Gasteiger partial charge < -0.3 is 14.5 Å². The second-order valence-electron chi connectivity index (χ2n) is 4.26. The zero-order valence-electron chi connectivity index (χ0n) is 11.4. The van der Waals surface area contributed by atoms with E-state index in [0.29, 0.717) is 29.9 Å². The Kier molecular flexibility index (Phi) is 4.97. The molecule has 2 rings (SSSR count). The zero-order valence-corrected chi connectivity index (χ0v) is 12.9. The van der Waals surface area contributed by atoms with Crippen LogP contribution in [0.3, 0.4) is 0 Å². The number of hydrogen-bond acceptors (Lipinski definition) is 5. The molecule has 0 aliphatic rings. The van der Waals surface area contributed by atoms with E-state index in [9.17, 15) is 4.79 Å². The Morgan fingerprint density at radius 2 is 2.30 bits per heavy atom. The van der Waals surface area contributed by atoms with Gasteiger partial charge in [0.2, 0.25) is 0 Å². The first-order valence-corrected chi connectivity index (χ1v) is 6.95. The predicted molar refractivity (Wildman–Crippen MR) is 78.8 cm³/mol. The molecule has 108 valence electrons. The van der Waals surface area contributed by atoms with Crippen LogP contribution in [-0.4, -0.2) is 23.5 Å². The van der Waals surface area contributed by atoms with Crippen LogP contribution in [0, 0.1) is 6.92 Å². The highest BCUT2D eigenvalue weighted by molar-refractivity contribution is 9.10. The van der Waals surface area contributed by atoms with Gasteiger partial charge in [-0.15, -0.1) is 0 Å². The molecule has 2 aromatic rings. The number of furan rings is 1. The standard InChI is InChI=1S/C13H16BrN3O3/c1-9-3-4-10(20-9)7-15-11-8-16-17(5-6-19-2)13(18)12(11)14/h3-4,8,15H,5-7H2,1-2H3. The fourth-order valence-electron chi connectivity index (χ4n) is 1.69. The third-order valence-electron chi connectivity index (χ3n) is 2.74. The lowest BCUT2D eigenvalue weighted by atomic mass is 10.4. The molecule has 0 saturated heterocycles. The van der Waals surface area contributed by atoms with Gasteiger partial charge in [0.15, 0.2) is 0 Å². The van der Waals surface area contributed by atoms with Crippen molar-refractivity contribution in [2.24, 2.45) is 0 Å². The maximum Gasteiger partial charge on any atom is 0.283 e. The Morgan fingerprint density at radius 3 is 2.95 bits per heavy atom. The summed E-state index contributed by atoms with van der Waals surface area (Å²) in [5, 5.41) is 7.21. The number of nitrogens with zero attached hydrogens (tertiary/aromatic N) is 2. The minimum atomic E-state index is -0.192. The third-order valence-corrected chi connectivity index (χ3v) is 3.51. The van der Waals surface area contributed by atoms with Crippen LogP contribution in [0.25, 0.3) is 0 Å². The van der Waals surface area contributed by atoms with Gasteiger partial charge in [0.25, 0.3) is 5.56 Å². The second-order valence-corrected chi connectivity index (χ2v) is 5.05. The summed E-state index contributed by atoms with van der Waals surface area (Å²) in [6, 6.07) is 3.79. The number of methoxy groups -OCH3 is 1. The van der Waals surface area contributed by atoms with E-state index in [0.717, 1.165) is 11.5 Å². The smallest absolute Gasteiger partial charge is 0.283 e. The Labute approximate surface area is 124 Å². The minimum absolute atomic E-state index is 0.192. The van der Waals surface area contributed by atoms with E-state index >= 15 is 0 Å². The molecular formula is C13H16BrN3O3. The quantitative estimate of drug-likeness (QED) is 0.871. The molecule has 0 aliphatic carbocycles. The topological polar surface area (TPSA) is 69.3 Å². The molecule has 0 amide bonds. The van der Waals surface area contributed by atoms with Crippen LogP contribution >= 0.6 is 15.9 Å². The molecular weight excluding hydrogens is 326 g/mol. The molecule has 0 fully saturated rings. The third kappa shape index (κ3) is 3.49. The van der Waals surface area contributed by atoms with Crippen LogP contribution < -0.4 is 10.9 Å². The average Bonchev–Trinajstić information content (AvgIpc) is 2.85. The number of hydrogen-bond donors (Lipinski definition) is 1. The van der Waals surface area contributed by atoms with Crippen LogP contribution in [-0.2, 0) is 17.8 Å². The summed E-state index contributed by atoms with van der Waals surface area (Å²) < 4.78 is 12.2. The molecule has 0 radical (unpaired) electrons. The van der Waals surface area contributed by atoms with E-state index in [-0.39, 0.29) is 5.56 Å². The lowest BCUT2D eigenvalue weighted by Crippen LogP contribution is -2.26. The lowest BCUT2D eigenvalue weighted by Gasteiger charge is -2.09. The fraction of sp³-hybridized carbons (Fsp3) is 0.385. The first-order valence-electron chi connectivity index (χ1n) is 6.15. The molecule has 7 heteroatoms. The molecule has 0 aliphatic heterocycles. The molecule has 2 heterocycles. The van der Waals surface area contributed by atoms with Gasteiger partial charge in [-0.2, -0.15) is 5.10 Å². The monoisotopic (exact) mass is 341 g/mol. The Hall–Kier alpha value is -1.60. The first-order chi connectivity index (χ1) is 9.61. The summed E-state index contributed by atoms with van der Waals surface area (Å²) in [7, 11) is 1.58. The molecule has 6 nitrogen and oxygen atoms in total. The van der Waals surface area contributed by atoms with Crippen molar-refractivity contribution in [3.63, 3.8) is 0 Å². The normalized spacial score (nSPS) is 10.8. The second kappa shape index (κ2) is 6.71. The van der Waals surface area contributed by atoms with Crippen molar-refractivity contribution in [2.75, 3.05) is 19.0 Å². The van der Waals surface area contributed by atoms with Crippen LogP contribution in [0.2, 0.25) is 0 Å². The number of aryl methyl sites for hydroxylation is 1. The largest absolute Gasteiger partial charge is 0.465 e. The van der Waals surface area contributed by atoms with Crippen LogP contribution in [0.1, 0.15) is 11.5 Å². The highest BCUT2D eigenvalue weighted by atomic mass is 79.9. The number of anilines is 1. The fourth-order valence-corrected chi connectivity index (χ4v) is 2.14. The summed E-state index contributed by atoms with van der Waals surface area (Å²) in [5.41, 5.74) is 0.445. The average molecular weight is 342 g/mol. The first kappa shape index (κ1) is 14.8. The van der Waals surface area contributed by atoms with Crippen molar-refractivity contribution in [1.29, 1.82) is 0 Å². The maximum absolute atomic E-state index is 12.0.